The van der Waals surface area contributed by atoms with Crippen molar-refractivity contribution in [2.75, 3.05) is 13.4 Å². The van der Waals surface area contributed by atoms with Gasteiger partial charge in [0.2, 0.25) is 6.79 Å². The molecule has 134 valence electrons. The first-order chi connectivity index (χ1) is 12.3. The van der Waals surface area contributed by atoms with E-state index in [1.54, 1.807) is 9.15 Å². The lowest BCUT2D eigenvalue weighted by Gasteiger charge is -2.44. The van der Waals surface area contributed by atoms with E-state index in [9.17, 15) is 5.11 Å². The molecule has 0 saturated heterocycles. The zero-order valence-corrected chi connectivity index (χ0v) is 16.7. The van der Waals surface area contributed by atoms with Crippen molar-refractivity contribution in [3.8, 4) is 11.5 Å². The zero-order chi connectivity index (χ0) is 17.0. The number of benzene rings is 1. The molecule has 0 amide bonds. The smallest absolute Gasteiger partial charge is 0.231 e. The van der Waals surface area contributed by atoms with E-state index in [0.29, 0.717) is 12.7 Å². The molecule has 25 heavy (non-hydrogen) atoms. The molecular weight excluding hydrogens is 427 g/mol. The Morgan fingerprint density at radius 1 is 1.12 bits per heavy atom. The summed E-state index contributed by atoms with van der Waals surface area (Å²) in [6, 6.07) is 4.50. The summed E-state index contributed by atoms with van der Waals surface area (Å²) < 4.78 is 13.0. The van der Waals surface area contributed by atoms with Crippen LogP contribution >= 0.6 is 22.6 Å². The SMILES string of the molecule is OCCC[C@@]12C(I)=C3CCCC[C@H]3[C@@H]1CCc1cc3c(cc12)OCO3. The fourth-order valence-electron chi connectivity index (χ4n) is 6.02. The molecule has 5 rings (SSSR count). The third-order valence-corrected chi connectivity index (χ3v) is 8.64. The predicted molar refractivity (Wildman–Crippen MR) is 105 cm³/mol. The highest BCUT2D eigenvalue weighted by atomic mass is 127. The topological polar surface area (TPSA) is 38.7 Å². The molecule has 1 saturated carbocycles. The van der Waals surface area contributed by atoms with E-state index in [1.165, 1.54) is 43.2 Å². The molecule has 0 aromatic heterocycles. The van der Waals surface area contributed by atoms with E-state index in [-0.39, 0.29) is 12.0 Å². The number of hydrogen-bond donors (Lipinski definition) is 1. The Labute approximate surface area is 162 Å². The van der Waals surface area contributed by atoms with Gasteiger partial charge in [-0.3, -0.25) is 0 Å². The van der Waals surface area contributed by atoms with Crippen LogP contribution in [0.4, 0.5) is 0 Å². The highest BCUT2D eigenvalue weighted by Crippen LogP contribution is 2.64. The number of aliphatic hydroxyl groups excluding tert-OH is 1. The minimum absolute atomic E-state index is 0.0994. The minimum atomic E-state index is 0.0994. The number of aliphatic hydroxyl groups is 1. The monoisotopic (exact) mass is 452 g/mol. The van der Waals surface area contributed by atoms with Crippen molar-refractivity contribution in [3.63, 3.8) is 0 Å². The maximum absolute atomic E-state index is 9.60. The van der Waals surface area contributed by atoms with Gasteiger partial charge >= 0.3 is 0 Å². The van der Waals surface area contributed by atoms with Gasteiger partial charge in [0, 0.05) is 15.6 Å². The highest BCUT2D eigenvalue weighted by molar-refractivity contribution is 14.1. The van der Waals surface area contributed by atoms with Crippen LogP contribution in [0.1, 0.15) is 56.1 Å². The molecule has 0 bridgehead atoms. The van der Waals surface area contributed by atoms with Gasteiger partial charge in [-0.05, 0) is 103 Å². The Balaban J connectivity index is 1.70. The normalized spacial score (nSPS) is 32.4. The van der Waals surface area contributed by atoms with Crippen molar-refractivity contribution in [3.05, 3.63) is 32.4 Å². The van der Waals surface area contributed by atoms with E-state index in [0.717, 1.165) is 36.7 Å². The average molecular weight is 452 g/mol. The zero-order valence-electron chi connectivity index (χ0n) is 14.5. The lowest BCUT2D eigenvalue weighted by molar-refractivity contribution is 0.173. The lowest BCUT2D eigenvalue weighted by atomic mass is 9.60. The van der Waals surface area contributed by atoms with Gasteiger partial charge in [-0.2, -0.15) is 0 Å². The molecule has 1 aromatic rings. The van der Waals surface area contributed by atoms with Gasteiger partial charge in [-0.1, -0.05) is 12.0 Å². The Hall–Kier alpha value is -0.750. The van der Waals surface area contributed by atoms with Crippen molar-refractivity contribution < 1.29 is 14.6 Å². The Bertz CT molecular complexity index is 741. The van der Waals surface area contributed by atoms with Gasteiger partial charge in [0.15, 0.2) is 11.5 Å². The number of aryl methyl sites for hydroxylation is 1. The molecule has 1 heterocycles. The van der Waals surface area contributed by atoms with Crippen LogP contribution in [0.15, 0.2) is 21.3 Å². The van der Waals surface area contributed by atoms with Crippen molar-refractivity contribution in [1.29, 1.82) is 0 Å². The molecule has 4 heteroatoms. The Morgan fingerprint density at radius 3 is 2.80 bits per heavy atom. The highest BCUT2D eigenvalue weighted by Gasteiger charge is 2.55. The summed E-state index contributed by atoms with van der Waals surface area (Å²) in [7, 11) is 0. The van der Waals surface area contributed by atoms with Crippen LogP contribution < -0.4 is 9.47 Å². The molecule has 1 aliphatic heterocycles. The van der Waals surface area contributed by atoms with Crippen LogP contribution in [0.5, 0.6) is 11.5 Å². The number of rotatable bonds is 3. The maximum Gasteiger partial charge on any atom is 0.231 e. The Kier molecular flexibility index (Phi) is 4.04. The first kappa shape index (κ1) is 16.4. The molecular formula is C21H25IO3. The van der Waals surface area contributed by atoms with Crippen LogP contribution in [0.25, 0.3) is 0 Å². The van der Waals surface area contributed by atoms with Crippen LogP contribution in [-0.4, -0.2) is 18.5 Å². The fraction of sp³-hybridized carbons (Fsp3) is 0.619. The van der Waals surface area contributed by atoms with Crippen LogP contribution in [0, 0.1) is 11.8 Å². The number of hydrogen-bond acceptors (Lipinski definition) is 3. The number of fused-ring (bicyclic) bond motifs is 6. The second-order valence-corrected chi connectivity index (χ2v) is 9.08. The van der Waals surface area contributed by atoms with Gasteiger partial charge in [-0.15, -0.1) is 0 Å². The molecule has 4 aliphatic rings. The minimum Gasteiger partial charge on any atom is -0.454 e. The summed E-state index contributed by atoms with van der Waals surface area (Å²) in [6.07, 6.45) is 9.68. The second-order valence-electron chi connectivity index (χ2n) is 8.00. The maximum atomic E-state index is 9.60. The van der Waals surface area contributed by atoms with E-state index in [4.69, 9.17) is 9.47 Å². The van der Waals surface area contributed by atoms with Crippen molar-refractivity contribution in [2.45, 2.75) is 56.8 Å². The number of ether oxygens (including phenoxy) is 2. The summed E-state index contributed by atoms with van der Waals surface area (Å²) in [5, 5.41) is 9.60. The first-order valence-electron chi connectivity index (χ1n) is 9.68. The van der Waals surface area contributed by atoms with Crippen molar-refractivity contribution in [2.24, 2.45) is 11.8 Å². The van der Waals surface area contributed by atoms with E-state index >= 15 is 0 Å². The predicted octanol–water partition coefficient (Wildman–Crippen LogP) is 4.88. The number of allylic oxidation sites excluding steroid dienone is 2. The van der Waals surface area contributed by atoms with E-state index in [2.05, 4.69) is 34.7 Å². The lowest BCUT2D eigenvalue weighted by Crippen LogP contribution is -2.40. The van der Waals surface area contributed by atoms with Crippen LogP contribution in [0.3, 0.4) is 0 Å². The molecule has 3 aliphatic carbocycles. The molecule has 0 spiro atoms. The third-order valence-electron chi connectivity index (χ3n) is 6.98. The summed E-state index contributed by atoms with van der Waals surface area (Å²) >= 11 is 2.66. The standard InChI is InChI=1S/C21H25IO3/c22-20-15-5-2-1-4-14(15)16-7-6-13-10-18-19(25-12-24-18)11-17(13)21(16,20)8-3-9-23/h10-11,14,16,23H,1-9,12H2/t14-,16+,21-/m1/s1. The summed E-state index contributed by atoms with van der Waals surface area (Å²) in [4.78, 5) is 0. The third kappa shape index (κ3) is 2.25. The number of halogens is 1. The molecule has 1 aromatic carbocycles. The van der Waals surface area contributed by atoms with Gasteiger partial charge < -0.3 is 14.6 Å². The van der Waals surface area contributed by atoms with Crippen LogP contribution in [0.2, 0.25) is 0 Å². The Morgan fingerprint density at radius 2 is 1.96 bits per heavy atom. The largest absolute Gasteiger partial charge is 0.454 e. The molecule has 3 nitrogen and oxygen atoms in total. The summed E-state index contributed by atoms with van der Waals surface area (Å²) in [5.41, 5.74) is 4.74. The second kappa shape index (κ2) is 6.15. The fourth-order valence-corrected chi connectivity index (χ4v) is 7.65. The molecule has 0 radical (unpaired) electrons. The summed E-state index contributed by atoms with van der Waals surface area (Å²) in [6.45, 7) is 0.615. The van der Waals surface area contributed by atoms with E-state index in [1.807, 2.05) is 0 Å². The van der Waals surface area contributed by atoms with Crippen LogP contribution in [-0.2, 0) is 11.8 Å². The average Bonchev–Trinajstić information content (AvgIpc) is 3.20. The van der Waals surface area contributed by atoms with E-state index < -0.39 is 0 Å². The first-order valence-corrected chi connectivity index (χ1v) is 10.8. The van der Waals surface area contributed by atoms with Gasteiger partial charge in [0.1, 0.15) is 0 Å². The summed E-state index contributed by atoms with van der Waals surface area (Å²) in [5.74, 6) is 3.28. The van der Waals surface area contributed by atoms with Crippen molar-refractivity contribution >= 4 is 22.6 Å². The molecule has 1 fully saturated rings. The quantitative estimate of drug-likeness (QED) is 0.665. The molecule has 0 unspecified atom stereocenters. The van der Waals surface area contributed by atoms with Gasteiger partial charge in [0.05, 0.1) is 0 Å². The molecule has 3 atom stereocenters. The van der Waals surface area contributed by atoms with Gasteiger partial charge in [-0.25, -0.2) is 0 Å². The van der Waals surface area contributed by atoms with Crippen molar-refractivity contribution in [1.82, 2.24) is 0 Å². The molecule has 1 N–H and O–H groups in total. The van der Waals surface area contributed by atoms with Gasteiger partial charge in [0.25, 0.3) is 0 Å².